The predicted molar refractivity (Wildman–Crippen MR) is 141 cm³/mol. The molecule has 0 bridgehead atoms. The van der Waals surface area contributed by atoms with Crippen molar-refractivity contribution in [3.8, 4) is 11.5 Å². The number of carbonyl (C=O) groups excluding carboxylic acids is 1. The van der Waals surface area contributed by atoms with Crippen LogP contribution in [0.1, 0.15) is 78.2 Å². The highest BCUT2D eigenvalue weighted by atomic mass is 16.7. The number of aromatic hydroxyl groups is 2. The summed E-state index contributed by atoms with van der Waals surface area (Å²) in [4.78, 5) is 11.8. The minimum atomic E-state index is -0.352. The molecule has 0 aromatic heterocycles. The largest absolute Gasteiger partial charge is 0.508 e. The van der Waals surface area contributed by atoms with Gasteiger partial charge in [-0.1, -0.05) is 49.7 Å². The Labute approximate surface area is 212 Å². The second-order valence-corrected chi connectivity index (χ2v) is 9.30. The van der Waals surface area contributed by atoms with Crippen LogP contribution in [-0.2, 0) is 22.4 Å². The summed E-state index contributed by atoms with van der Waals surface area (Å²) in [5, 5.41) is 24.1. The zero-order valence-corrected chi connectivity index (χ0v) is 21.0. The maximum absolute atomic E-state index is 11.8. The number of phenolic OH excluding ortho intramolecular Hbond substituents is 2. The van der Waals surface area contributed by atoms with Gasteiger partial charge < -0.3 is 25.0 Å². The number of phenols is 2. The van der Waals surface area contributed by atoms with Gasteiger partial charge in [-0.15, -0.1) is 0 Å². The van der Waals surface area contributed by atoms with Crippen LogP contribution in [0.5, 0.6) is 11.5 Å². The average Bonchev–Trinajstić information content (AvgIpc) is 2.88. The molecule has 2 atom stereocenters. The molecular weight excluding hydrogens is 454 g/mol. The van der Waals surface area contributed by atoms with E-state index in [0.717, 1.165) is 53.6 Å². The van der Waals surface area contributed by atoms with E-state index >= 15 is 0 Å². The van der Waals surface area contributed by atoms with Crippen LogP contribution in [0.2, 0.25) is 0 Å². The van der Waals surface area contributed by atoms with Crippen LogP contribution in [0.25, 0.3) is 0 Å². The smallest absolute Gasteiger partial charge is 0.163 e. The monoisotopic (exact) mass is 489 g/mol. The number of ether oxygens (including phenoxy) is 2. The quantitative estimate of drug-likeness (QED) is 0.282. The fourth-order valence-corrected chi connectivity index (χ4v) is 4.60. The van der Waals surface area contributed by atoms with Gasteiger partial charge in [-0.3, -0.25) is 4.79 Å². The number of benzene rings is 3. The van der Waals surface area contributed by atoms with Crippen LogP contribution < -0.4 is 5.32 Å². The normalized spacial score (nSPS) is 16.4. The van der Waals surface area contributed by atoms with Crippen molar-refractivity contribution in [3.63, 3.8) is 0 Å². The van der Waals surface area contributed by atoms with E-state index in [1.54, 1.807) is 18.2 Å². The van der Waals surface area contributed by atoms with Gasteiger partial charge in [-0.2, -0.15) is 0 Å². The number of nitrogens with one attached hydrogen (secondary N) is 1. The van der Waals surface area contributed by atoms with Crippen molar-refractivity contribution in [2.75, 3.05) is 11.9 Å². The van der Waals surface area contributed by atoms with E-state index in [-0.39, 0.29) is 29.7 Å². The van der Waals surface area contributed by atoms with E-state index in [2.05, 4.69) is 5.32 Å². The van der Waals surface area contributed by atoms with Gasteiger partial charge in [0, 0.05) is 24.4 Å². The van der Waals surface area contributed by atoms with Crippen molar-refractivity contribution >= 4 is 11.5 Å². The molecule has 0 saturated carbocycles. The van der Waals surface area contributed by atoms with Crippen molar-refractivity contribution in [3.05, 3.63) is 88.5 Å². The molecular formula is C30H35NO5. The van der Waals surface area contributed by atoms with Crippen LogP contribution in [0.3, 0.4) is 0 Å². The maximum Gasteiger partial charge on any atom is 0.163 e. The van der Waals surface area contributed by atoms with E-state index in [1.807, 2.05) is 49.4 Å². The third kappa shape index (κ3) is 6.25. The van der Waals surface area contributed by atoms with Gasteiger partial charge in [-0.25, -0.2) is 0 Å². The summed E-state index contributed by atoms with van der Waals surface area (Å²) in [6.45, 7) is 4.78. The van der Waals surface area contributed by atoms with Gasteiger partial charge in [0.25, 0.3) is 0 Å². The number of hydrogen-bond donors (Lipinski definition) is 3. The molecule has 6 nitrogen and oxygen atoms in total. The van der Waals surface area contributed by atoms with Crippen LogP contribution in [0, 0.1) is 0 Å². The van der Waals surface area contributed by atoms with Gasteiger partial charge >= 0.3 is 0 Å². The molecule has 3 aromatic carbocycles. The van der Waals surface area contributed by atoms with E-state index in [9.17, 15) is 15.0 Å². The van der Waals surface area contributed by atoms with Gasteiger partial charge in [0.15, 0.2) is 12.1 Å². The number of hydrogen-bond acceptors (Lipinski definition) is 6. The van der Waals surface area contributed by atoms with Crippen LogP contribution in [0.4, 0.5) is 5.69 Å². The summed E-state index contributed by atoms with van der Waals surface area (Å²) in [7, 11) is 0. The molecule has 1 aliphatic heterocycles. The number of ketones is 1. The molecule has 3 N–H and O–H groups in total. The van der Waals surface area contributed by atoms with Crippen LogP contribution in [0.15, 0.2) is 60.7 Å². The van der Waals surface area contributed by atoms with Gasteiger partial charge in [0.2, 0.25) is 0 Å². The molecule has 1 fully saturated rings. The van der Waals surface area contributed by atoms with Crippen LogP contribution >= 0.6 is 0 Å². The molecule has 3 aromatic rings. The third-order valence-electron chi connectivity index (χ3n) is 6.53. The minimum absolute atomic E-state index is 0.0701. The summed E-state index contributed by atoms with van der Waals surface area (Å²) in [6.07, 6.45) is 3.90. The van der Waals surface area contributed by atoms with E-state index in [4.69, 9.17) is 9.47 Å². The molecule has 36 heavy (non-hydrogen) atoms. The number of anilines is 1. The first-order chi connectivity index (χ1) is 17.5. The summed E-state index contributed by atoms with van der Waals surface area (Å²) in [5.41, 5.74) is 4.88. The molecule has 0 spiro atoms. The molecule has 2 unspecified atom stereocenters. The maximum atomic E-state index is 11.8. The lowest BCUT2D eigenvalue weighted by molar-refractivity contribution is -0.181. The first-order valence-corrected chi connectivity index (χ1v) is 12.7. The summed E-state index contributed by atoms with van der Waals surface area (Å²) in [5.74, 6) is 0.128. The predicted octanol–water partition coefficient (Wildman–Crippen LogP) is 6.50. The molecule has 0 amide bonds. The summed E-state index contributed by atoms with van der Waals surface area (Å²) >= 11 is 0. The highest BCUT2D eigenvalue weighted by Gasteiger charge is 2.23. The van der Waals surface area contributed by atoms with Crippen molar-refractivity contribution in [1.82, 2.24) is 0 Å². The fourth-order valence-electron chi connectivity index (χ4n) is 4.60. The number of Topliss-reactive ketones (excluding diaryl/α,β-unsaturated/α-hetero) is 1. The van der Waals surface area contributed by atoms with Crippen molar-refractivity contribution in [2.24, 2.45) is 0 Å². The topological polar surface area (TPSA) is 88.0 Å². The van der Waals surface area contributed by atoms with Crippen molar-refractivity contribution in [2.45, 2.75) is 64.9 Å². The molecule has 0 radical (unpaired) electrons. The Balaban J connectivity index is 1.51. The summed E-state index contributed by atoms with van der Waals surface area (Å²) in [6, 6.07) is 18.9. The highest BCUT2D eigenvalue weighted by molar-refractivity contribution is 5.97. The lowest BCUT2D eigenvalue weighted by Gasteiger charge is -2.28. The second-order valence-electron chi connectivity index (χ2n) is 9.30. The lowest BCUT2D eigenvalue weighted by atomic mass is 9.99. The molecule has 1 aliphatic rings. The van der Waals surface area contributed by atoms with E-state index < -0.39 is 0 Å². The van der Waals surface area contributed by atoms with Crippen molar-refractivity contribution < 1.29 is 24.5 Å². The zero-order chi connectivity index (χ0) is 25.5. The lowest BCUT2D eigenvalue weighted by Crippen LogP contribution is -2.25. The molecule has 4 rings (SSSR count). The van der Waals surface area contributed by atoms with Gasteiger partial charge in [0.05, 0.1) is 5.56 Å². The standard InChI is InChI=1S/C30H35NO5/c1-3-7-26-27(16-15-25(20(2)32)29(26)34)31-19-21-11-13-22(14-12-21)30(23-8-6-9-24(33)18-23)36-28-10-4-5-17-35-28/h6,8-9,11-16,18,28,30-31,33-34H,3-5,7,10,17,19H2,1-2H3. The Hall–Kier alpha value is -3.35. The first kappa shape index (κ1) is 25.7. The molecule has 0 aliphatic carbocycles. The number of rotatable bonds is 10. The minimum Gasteiger partial charge on any atom is -0.508 e. The molecule has 6 heteroatoms. The second kappa shape index (κ2) is 12.1. The zero-order valence-electron chi connectivity index (χ0n) is 21.0. The van der Waals surface area contributed by atoms with Crippen LogP contribution in [-0.4, -0.2) is 28.9 Å². The number of carbonyl (C=O) groups is 1. The van der Waals surface area contributed by atoms with E-state index in [1.165, 1.54) is 6.92 Å². The Morgan fingerprint density at radius 2 is 1.89 bits per heavy atom. The fraction of sp³-hybridized carbons (Fsp3) is 0.367. The molecule has 1 heterocycles. The average molecular weight is 490 g/mol. The van der Waals surface area contributed by atoms with E-state index in [0.29, 0.717) is 25.1 Å². The first-order valence-electron chi connectivity index (χ1n) is 12.7. The summed E-state index contributed by atoms with van der Waals surface area (Å²) < 4.78 is 12.2. The van der Waals surface area contributed by atoms with Gasteiger partial charge in [0.1, 0.15) is 17.6 Å². The Bertz CT molecular complexity index is 1170. The Morgan fingerprint density at radius 3 is 2.56 bits per heavy atom. The SMILES string of the molecule is CCCc1c(NCc2ccc(C(OC3CCCCO3)c3cccc(O)c3)cc2)ccc(C(C)=O)c1O. The molecule has 1 saturated heterocycles. The van der Waals surface area contributed by atoms with Gasteiger partial charge in [-0.05, 0) is 73.6 Å². The molecule has 190 valence electrons. The third-order valence-corrected chi connectivity index (χ3v) is 6.53. The van der Waals surface area contributed by atoms with Crippen molar-refractivity contribution in [1.29, 1.82) is 0 Å². The highest BCUT2D eigenvalue weighted by Crippen LogP contribution is 2.33. The Kier molecular flexibility index (Phi) is 8.62. The Morgan fingerprint density at radius 1 is 1.08 bits per heavy atom.